The van der Waals surface area contributed by atoms with Crippen LogP contribution in [0.2, 0.25) is 0 Å². The third kappa shape index (κ3) is 4.62. The molecule has 5 nitrogen and oxygen atoms in total. The van der Waals surface area contributed by atoms with Gasteiger partial charge >= 0.3 is 0 Å². The van der Waals surface area contributed by atoms with Gasteiger partial charge in [0.15, 0.2) is 0 Å². The van der Waals surface area contributed by atoms with Gasteiger partial charge in [0.05, 0.1) is 0 Å². The molecule has 0 spiro atoms. The Balaban J connectivity index is 2.73. The van der Waals surface area contributed by atoms with Crippen LogP contribution in [-0.4, -0.2) is 19.2 Å². The average molecular weight is 256 g/mol. The van der Waals surface area contributed by atoms with Crippen LogP contribution in [0.5, 0.6) is 0 Å². The molecule has 0 aliphatic heterocycles. The van der Waals surface area contributed by atoms with Crippen molar-refractivity contribution in [2.24, 2.45) is 11.1 Å². The second kappa shape index (κ2) is 5.37. The summed E-state index contributed by atoms with van der Waals surface area (Å²) >= 11 is 0. The summed E-state index contributed by atoms with van der Waals surface area (Å²) in [5, 5.41) is 4.94. The molecule has 0 aliphatic carbocycles. The zero-order valence-corrected chi connectivity index (χ0v) is 10.7. The van der Waals surface area contributed by atoms with Gasteiger partial charge in [-0.05, 0) is 18.1 Å². The number of aromatic nitrogens is 1. The van der Waals surface area contributed by atoms with Gasteiger partial charge in [0.1, 0.15) is 10.7 Å². The number of ketones is 1. The lowest BCUT2D eigenvalue weighted by atomic mass is 10.0. The molecule has 1 rings (SSSR count). The van der Waals surface area contributed by atoms with Gasteiger partial charge in [-0.2, -0.15) is 0 Å². The van der Waals surface area contributed by atoms with E-state index in [1.165, 1.54) is 18.3 Å². The Kier molecular flexibility index (Phi) is 4.36. The summed E-state index contributed by atoms with van der Waals surface area (Å²) in [6.07, 6.45) is 1.90. The maximum atomic E-state index is 11.5. The third-order valence-corrected chi connectivity index (χ3v) is 3.04. The molecule has 17 heavy (non-hydrogen) atoms. The lowest BCUT2D eigenvalue weighted by Crippen LogP contribution is -2.13. The highest BCUT2D eigenvalue weighted by molar-refractivity contribution is 7.89. The van der Waals surface area contributed by atoms with E-state index in [1.807, 2.05) is 13.8 Å². The van der Waals surface area contributed by atoms with Gasteiger partial charge in [-0.25, -0.2) is 13.6 Å². The number of nitrogens with zero attached hydrogens (tertiary/aromatic N) is 1. The molecular weight excluding hydrogens is 240 g/mol. The minimum absolute atomic E-state index is 0.0439. The van der Waals surface area contributed by atoms with Crippen LogP contribution in [0.25, 0.3) is 0 Å². The fourth-order valence-electron chi connectivity index (χ4n) is 1.41. The van der Waals surface area contributed by atoms with Crippen LogP contribution in [0.3, 0.4) is 0 Å². The van der Waals surface area contributed by atoms with Crippen molar-refractivity contribution in [2.75, 3.05) is 0 Å². The molecule has 6 heteroatoms. The standard InChI is InChI=1S/C11H16N2O3S/c1-8(2)5-10(14)6-9-3-4-11(7-13-9)17(12,15)16/h3-4,7-8H,5-6H2,1-2H3,(H2,12,15,16). The van der Waals surface area contributed by atoms with E-state index in [-0.39, 0.29) is 17.1 Å². The first kappa shape index (κ1) is 13.8. The normalized spacial score (nSPS) is 11.8. The highest BCUT2D eigenvalue weighted by Crippen LogP contribution is 2.08. The van der Waals surface area contributed by atoms with E-state index >= 15 is 0 Å². The van der Waals surface area contributed by atoms with Crippen molar-refractivity contribution < 1.29 is 13.2 Å². The molecule has 94 valence electrons. The summed E-state index contributed by atoms with van der Waals surface area (Å²) in [5.74, 6) is 0.405. The number of hydrogen-bond acceptors (Lipinski definition) is 4. The number of nitrogens with two attached hydrogens (primary N) is 1. The molecule has 1 aromatic heterocycles. The van der Waals surface area contributed by atoms with Gasteiger partial charge in [0.2, 0.25) is 10.0 Å². The SMILES string of the molecule is CC(C)CC(=O)Cc1ccc(S(N)(=O)=O)cn1. The quantitative estimate of drug-likeness (QED) is 0.847. The predicted molar refractivity (Wildman–Crippen MR) is 63.8 cm³/mol. The van der Waals surface area contributed by atoms with Gasteiger partial charge < -0.3 is 0 Å². The summed E-state index contributed by atoms with van der Waals surface area (Å²) in [6.45, 7) is 3.94. The van der Waals surface area contributed by atoms with Gasteiger partial charge in [-0.3, -0.25) is 9.78 Å². The van der Waals surface area contributed by atoms with Crippen LogP contribution in [0.15, 0.2) is 23.2 Å². The van der Waals surface area contributed by atoms with Crippen molar-refractivity contribution in [3.63, 3.8) is 0 Å². The van der Waals surface area contributed by atoms with E-state index in [0.717, 1.165) is 0 Å². The van der Waals surface area contributed by atoms with E-state index in [2.05, 4.69) is 4.98 Å². The van der Waals surface area contributed by atoms with Crippen molar-refractivity contribution in [3.05, 3.63) is 24.0 Å². The van der Waals surface area contributed by atoms with Crippen LogP contribution in [0, 0.1) is 5.92 Å². The summed E-state index contributed by atoms with van der Waals surface area (Å²) < 4.78 is 22.0. The Morgan fingerprint density at radius 2 is 2.06 bits per heavy atom. The minimum atomic E-state index is -3.71. The molecule has 0 radical (unpaired) electrons. The lowest BCUT2D eigenvalue weighted by Gasteiger charge is -2.04. The fourth-order valence-corrected chi connectivity index (χ4v) is 1.87. The van der Waals surface area contributed by atoms with E-state index in [0.29, 0.717) is 18.0 Å². The van der Waals surface area contributed by atoms with E-state index < -0.39 is 10.0 Å². The van der Waals surface area contributed by atoms with Crippen molar-refractivity contribution in [1.29, 1.82) is 0 Å². The molecule has 0 unspecified atom stereocenters. The molecule has 0 saturated carbocycles. The molecular formula is C11H16N2O3S. The summed E-state index contributed by atoms with van der Waals surface area (Å²) in [6, 6.07) is 2.87. The smallest absolute Gasteiger partial charge is 0.239 e. The van der Waals surface area contributed by atoms with Gasteiger partial charge in [0.25, 0.3) is 0 Å². The van der Waals surface area contributed by atoms with Gasteiger partial charge in [-0.15, -0.1) is 0 Å². The monoisotopic (exact) mass is 256 g/mol. The van der Waals surface area contributed by atoms with Crippen LogP contribution in [0.4, 0.5) is 0 Å². The van der Waals surface area contributed by atoms with Gasteiger partial charge in [-0.1, -0.05) is 13.8 Å². The predicted octanol–water partition coefficient (Wildman–Crippen LogP) is 0.887. The second-order valence-electron chi connectivity index (χ2n) is 4.34. The molecule has 0 saturated heterocycles. The maximum Gasteiger partial charge on any atom is 0.239 e. The topological polar surface area (TPSA) is 90.1 Å². The lowest BCUT2D eigenvalue weighted by molar-refractivity contribution is -0.119. The molecule has 1 heterocycles. The number of primary sulfonamides is 1. The number of carbonyl (C=O) groups excluding carboxylic acids is 1. The van der Waals surface area contributed by atoms with Crippen LogP contribution < -0.4 is 5.14 Å². The Hall–Kier alpha value is -1.27. The molecule has 0 amide bonds. The number of rotatable bonds is 5. The van der Waals surface area contributed by atoms with Crippen LogP contribution in [0.1, 0.15) is 26.0 Å². The highest BCUT2D eigenvalue weighted by Gasteiger charge is 2.10. The Labute approximate surface area is 101 Å². The number of pyridine rings is 1. The van der Waals surface area contributed by atoms with Crippen molar-refractivity contribution in [2.45, 2.75) is 31.6 Å². The Bertz CT molecular complexity index is 492. The first-order chi connectivity index (χ1) is 7.79. The third-order valence-electron chi connectivity index (χ3n) is 2.14. The maximum absolute atomic E-state index is 11.5. The first-order valence-corrected chi connectivity index (χ1v) is 6.83. The largest absolute Gasteiger partial charge is 0.299 e. The molecule has 0 bridgehead atoms. The van der Waals surface area contributed by atoms with E-state index in [1.54, 1.807) is 0 Å². The fraction of sp³-hybridized carbons (Fsp3) is 0.455. The number of hydrogen-bond donors (Lipinski definition) is 1. The number of sulfonamides is 1. The zero-order valence-electron chi connectivity index (χ0n) is 9.88. The molecule has 1 aromatic rings. The molecule has 0 aromatic carbocycles. The summed E-state index contributed by atoms with van der Waals surface area (Å²) in [7, 11) is -3.71. The number of carbonyl (C=O) groups is 1. The van der Waals surface area contributed by atoms with Crippen LogP contribution in [-0.2, 0) is 21.2 Å². The summed E-state index contributed by atoms with van der Waals surface area (Å²) in [5.41, 5.74) is 0.558. The summed E-state index contributed by atoms with van der Waals surface area (Å²) in [4.78, 5) is 15.4. The van der Waals surface area contributed by atoms with E-state index in [4.69, 9.17) is 5.14 Å². The molecule has 0 atom stereocenters. The molecule has 0 fully saturated rings. The van der Waals surface area contributed by atoms with Crippen molar-refractivity contribution >= 4 is 15.8 Å². The zero-order chi connectivity index (χ0) is 13.1. The minimum Gasteiger partial charge on any atom is -0.299 e. The highest BCUT2D eigenvalue weighted by atomic mass is 32.2. The average Bonchev–Trinajstić information content (AvgIpc) is 2.15. The Morgan fingerprint density at radius 1 is 1.41 bits per heavy atom. The van der Waals surface area contributed by atoms with Gasteiger partial charge in [0, 0.05) is 24.7 Å². The van der Waals surface area contributed by atoms with Crippen molar-refractivity contribution in [3.8, 4) is 0 Å². The molecule has 0 aliphatic rings. The van der Waals surface area contributed by atoms with E-state index in [9.17, 15) is 13.2 Å². The van der Waals surface area contributed by atoms with Crippen LogP contribution >= 0.6 is 0 Å². The molecule has 2 N–H and O–H groups in total. The first-order valence-electron chi connectivity index (χ1n) is 5.28. The second-order valence-corrected chi connectivity index (χ2v) is 5.91. The van der Waals surface area contributed by atoms with Crippen molar-refractivity contribution in [1.82, 2.24) is 4.98 Å². The Morgan fingerprint density at radius 3 is 2.47 bits per heavy atom. The number of Topliss-reactive ketones (excluding diaryl/α,β-unsaturated/α-hetero) is 1.